The lowest BCUT2D eigenvalue weighted by Gasteiger charge is -2.08. The number of nitrogens with one attached hydrogen (secondary N) is 1. The lowest BCUT2D eigenvalue weighted by molar-refractivity contribution is -0.116. The van der Waals surface area contributed by atoms with Gasteiger partial charge in [-0.2, -0.15) is 5.10 Å². The van der Waals surface area contributed by atoms with Crippen LogP contribution in [0.15, 0.2) is 63.3 Å². The fourth-order valence-electron chi connectivity index (χ4n) is 2.78. The molecular formula is C20H21ClN4O4S2. The standard InChI is InChI=1S/C20H21ClN4O4S2/c1-3-30-20-18(31(27,28)16-10-4-13(21)5-11-16)19(22)25(24-20)12-17(26)23-14-6-8-15(29-2)9-7-14/h4-11H,3,12,22H2,1-2H3,(H,23,26). The molecule has 0 fully saturated rings. The predicted octanol–water partition coefficient (Wildman–Crippen LogP) is 3.71. The van der Waals surface area contributed by atoms with E-state index in [2.05, 4.69) is 10.4 Å². The van der Waals surface area contributed by atoms with Gasteiger partial charge in [0.05, 0.1) is 12.0 Å². The van der Waals surface area contributed by atoms with Crippen molar-refractivity contribution in [1.29, 1.82) is 0 Å². The number of thioether (sulfide) groups is 1. The number of anilines is 2. The first-order valence-electron chi connectivity index (χ1n) is 9.20. The van der Waals surface area contributed by atoms with E-state index >= 15 is 0 Å². The average molecular weight is 481 g/mol. The van der Waals surface area contributed by atoms with Gasteiger partial charge in [-0.05, 0) is 54.3 Å². The van der Waals surface area contributed by atoms with E-state index in [9.17, 15) is 13.2 Å². The summed E-state index contributed by atoms with van der Waals surface area (Å²) in [6, 6.07) is 12.6. The minimum absolute atomic E-state index is 0.0452. The van der Waals surface area contributed by atoms with Crippen molar-refractivity contribution in [2.24, 2.45) is 0 Å². The van der Waals surface area contributed by atoms with E-state index in [4.69, 9.17) is 22.1 Å². The lowest BCUT2D eigenvalue weighted by Crippen LogP contribution is -2.21. The molecule has 11 heteroatoms. The predicted molar refractivity (Wildman–Crippen MR) is 122 cm³/mol. The second-order valence-corrected chi connectivity index (χ2v) is 9.92. The molecule has 3 N–H and O–H groups in total. The van der Waals surface area contributed by atoms with Crippen molar-refractivity contribution in [1.82, 2.24) is 9.78 Å². The van der Waals surface area contributed by atoms with Gasteiger partial charge in [-0.3, -0.25) is 4.79 Å². The van der Waals surface area contributed by atoms with E-state index in [1.807, 2.05) is 6.92 Å². The van der Waals surface area contributed by atoms with Crippen LogP contribution < -0.4 is 15.8 Å². The molecule has 0 unspecified atom stereocenters. The number of aromatic nitrogens is 2. The van der Waals surface area contributed by atoms with Gasteiger partial charge in [-0.15, -0.1) is 11.8 Å². The molecule has 0 aliphatic rings. The summed E-state index contributed by atoms with van der Waals surface area (Å²) in [7, 11) is -2.40. The molecule has 1 heterocycles. The average Bonchev–Trinajstić information content (AvgIpc) is 3.04. The number of rotatable bonds is 8. The van der Waals surface area contributed by atoms with Crippen molar-refractivity contribution in [2.45, 2.75) is 28.3 Å². The van der Waals surface area contributed by atoms with Crippen LogP contribution in [-0.2, 0) is 21.2 Å². The van der Waals surface area contributed by atoms with Crippen LogP contribution in [0.25, 0.3) is 0 Å². The molecule has 3 rings (SSSR count). The quantitative estimate of drug-likeness (QED) is 0.472. The van der Waals surface area contributed by atoms with Gasteiger partial charge in [0.15, 0.2) is 0 Å². The maximum atomic E-state index is 13.2. The van der Waals surface area contributed by atoms with Gasteiger partial charge in [-0.1, -0.05) is 18.5 Å². The van der Waals surface area contributed by atoms with Crippen LogP contribution in [0.4, 0.5) is 11.5 Å². The summed E-state index contributed by atoms with van der Waals surface area (Å²) in [5.74, 6) is 0.740. The summed E-state index contributed by atoms with van der Waals surface area (Å²) in [4.78, 5) is 12.4. The molecule has 8 nitrogen and oxygen atoms in total. The van der Waals surface area contributed by atoms with Gasteiger partial charge in [0.1, 0.15) is 28.0 Å². The highest BCUT2D eigenvalue weighted by Gasteiger charge is 2.30. The lowest BCUT2D eigenvalue weighted by atomic mass is 10.3. The summed E-state index contributed by atoms with van der Waals surface area (Å²) in [6.45, 7) is 1.63. The Morgan fingerprint density at radius 1 is 1.19 bits per heavy atom. The summed E-state index contributed by atoms with van der Waals surface area (Å²) in [5, 5.41) is 7.67. The topological polar surface area (TPSA) is 116 Å². The maximum absolute atomic E-state index is 13.2. The molecule has 0 aliphatic heterocycles. The van der Waals surface area contributed by atoms with Crippen LogP contribution in [0, 0.1) is 0 Å². The Morgan fingerprint density at radius 2 is 1.84 bits per heavy atom. The normalized spacial score (nSPS) is 11.3. The fourth-order valence-corrected chi connectivity index (χ4v) is 5.46. The molecule has 3 aromatic rings. The zero-order valence-corrected chi connectivity index (χ0v) is 19.2. The van der Waals surface area contributed by atoms with Crippen molar-refractivity contribution in [2.75, 3.05) is 23.9 Å². The Kier molecular flexibility index (Phi) is 7.14. The Bertz CT molecular complexity index is 1180. The minimum atomic E-state index is -3.95. The van der Waals surface area contributed by atoms with Crippen molar-refractivity contribution in [3.8, 4) is 5.75 Å². The number of hydrogen-bond donors (Lipinski definition) is 2. The van der Waals surface area contributed by atoms with E-state index in [1.54, 1.807) is 31.4 Å². The molecule has 0 saturated carbocycles. The Hall–Kier alpha value is -2.69. The second kappa shape index (κ2) is 9.63. The summed E-state index contributed by atoms with van der Waals surface area (Å²) < 4.78 is 32.7. The van der Waals surface area contributed by atoms with Gasteiger partial charge >= 0.3 is 0 Å². The third kappa shape index (κ3) is 5.15. The van der Waals surface area contributed by atoms with E-state index in [-0.39, 0.29) is 27.2 Å². The van der Waals surface area contributed by atoms with Crippen LogP contribution in [0.1, 0.15) is 6.92 Å². The monoisotopic (exact) mass is 480 g/mol. The van der Waals surface area contributed by atoms with Gasteiger partial charge < -0.3 is 15.8 Å². The SMILES string of the molecule is CCSc1nn(CC(=O)Nc2ccc(OC)cc2)c(N)c1S(=O)(=O)c1ccc(Cl)cc1. The number of methoxy groups -OCH3 is 1. The molecular weight excluding hydrogens is 460 g/mol. The number of carbonyl (C=O) groups is 1. The molecule has 2 aromatic carbocycles. The number of nitrogen functional groups attached to an aromatic ring is 1. The third-order valence-electron chi connectivity index (χ3n) is 4.26. The summed E-state index contributed by atoms with van der Waals surface area (Å²) in [5.41, 5.74) is 6.72. The van der Waals surface area contributed by atoms with Gasteiger partial charge in [0.25, 0.3) is 0 Å². The Labute approximate surface area is 189 Å². The van der Waals surface area contributed by atoms with Gasteiger partial charge in [-0.25, -0.2) is 13.1 Å². The van der Waals surface area contributed by atoms with Crippen LogP contribution in [0.5, 0.6) is 5.75 Å². The highest BCUT2D eigenvalue weighted by atomic mass is 35.5. The van der Waals surface area contributed by atoms with E-state index in [1.165, 1.54) is 40.7 Å². The molecule has 164 valence electrons. The van der Waals surface area contributed by atoms with Gasteiger partial charge in [0.2, 0.25) is 15.7 Å². The highest BCUT2D eigenvalue weighted by molar-refractivity contribution is 8.00. The van der Waals surface area contributed by atoms with E-state index in [0.29, 0.717) is 22.2 Å². The number of halogens is 1. The van der Waals surface area contributed by atoms with Crippen LogP contribution in [0.3, 0.4) is 0 Å². The number of sulfone groups is 1. The number of nitrogens with zero attached hydrogens (tertiary/aromatic N) is 2. The Morgan fingerprint density at radius 3 is 2.42 bits per heavy atom. The van der Waals surface area contributed by atoms with E-state index < -0.39 is 15.7 Å². The number of carbonyl (C=O) groups excluding carboxylic acids is 1. The Balaban J connectivity index is 1.90. The number of hydrogen-bond acceptors (Lipinski definition) is 7. The first kappa shape index (κ1) is 23.0. The number of ether oxygens (including phenoxy) is 1. The van der Waals surface area contributed by atoms with Gasteiger partial charge in [0, 0.05) is 10.7 Å². The smallest absolute Gasteiger partial charge is 0.246 e. The van der Waals surface area contributed by atoms with Crippen molar-refractivity contribution in [3.63, 3.8) is 0 Å². The largest absolute Gasteiger partial charge is 0.497 e. The molecule has 0 aliphatic carbocycles. The number of nitrogens with two attached hydrogens (primary N) is 1. The zero-order chi connectivity index (χ0) is 22.6. The van der Waals surface area contributed by atoms with Crippen molar-refractivity contribution in [3.05, 3.63) is 53.6 Å². The third-order valence-corrected chi connectivity index (χ3v) is 7.32. The molecule has 0 saturated heterocycles. The summed E-state index contributed by atoms with van der Waals surface area (Å²) >= 11 is 7.11. The molecule has 1 amide bonds. The molecule has 0 bridgehead atoms. The number of amides is 1. The molecule has 1 aromatic heterocycles. The molecule has 0 atom stereocenters. The van der Waals surface area contributed by atoms with Crippen molar-refractivity contribution < 1.29 is 17.9 Å². The molecule has 0 spiro atoms. The first-order valence-corrected chi connectivity index (χ1v) is 12.0. The second-order valence-electron chi connectivity index (χ2n) is 6.34. The minimum Gasteiger partial charge on any atom is -0.497 e. The fraction of sp³-hybridized carbons (Fsp3) is 0.200. The first-order chi connectivity index (χ1) is 14.8. The van der Waals surface area contributed by atoms with Crippen molar-refractivity contribution >= 4 is 50.6 Å². The molecule has 31 heavy (non-hydrogen) atoms. The van der Waals surface area contributed by atoms with Crippen LogP contribution in [0.2, 0.25) is 5.02 Å². The summed E-state index contributed by atoms with van der Waals surface area (Å²) in [6.07, 6.45) is 0. The maximum Gasteiger partial charge on any atom is 0.246 e. The highest BCUT2D eigenvalue weighted by Crippen LogP contribution is 2.35. The van der Waals surface area contributed by atoms with E-state index in [0.717, 1.165) is 0 Å². The zero-order valence-electron chi connectivity index (χ0n) is 16.8. The molecule has 0 radical (unpaired) electrons. The van der Waals surface area contributed by atoms with Crippen LogP contribution >= 0.6 is 23.4 Å². The van der Waals surface area contributed by atoms with Crippen LogP contribution in [-0.4, -0.2) is 37.0 Å². The number of benzene rings is 2.